The van der Waals surface area contributed by atoms with Crippen molar-refractivity contribution in [3.8, 4) is 0 Å². The Kier molecular flexibility index (Phi) is 4.99. The minimum Gasteiger partial charge on any atom is -0.389 e. The number of aromatic nitrogens is 2. The lowest BCUT2D eigenvalue weighted by Gasteiger charge is -2.21. The van der Waals surface area contributed by atoms with E-state index < -0.39 is 0 Å². The normalized spacial score (nSPS) is 11.1. The summed E-state index contributed by atoms with van der Waals surface area (Å²) in [6.07, 6.45) is 0. The van der Waals surface area contributed by atoms with E-state index in [9.17, 15) is 4.79 Å². The number of nitrogens with one attached hydrogen (secondary N) is 2. The van der Waals surface area contributed by atoms with Crippen molar-refractivity contribution in [3.63, 3.8) is 0 Å². The average Bonchev–Trinajstić information content (AvgIpc) is 2.27. The SMILES string of the molecule is Cc1nnc(NCC(=O)NC(C)(C)C)c(C(N)=S)c1C. The van der Waals surface area contributed by atoms with Crippen LogP contribution in [0.15, 0.2) is 0 Å². The number of nitrogens with two attached hydrogens (primary N) is 1. The summed E-state index contributed by atoms with van der Waals surface area (Å²) in [5.41, 5.74) is 7.70. The molecule has 20 heavy (non-hydrogen) atoms. The summed E-state index contributed by atoms with van der Waals surface area (Å²) in [6, 6.07) is 0. The number of thiocarbonyl (C=S) groups is 1. The molecule has 0 radical (unpaired) electrons. The highest BCUT2D eigenvalue weighted by molar-refractivity contribution is 7.80. The smallest absolute Gasteiger partial charge is 0.239 e. The number of nitrogens with zero attached hydrogens (tertiary/aromatic N) is 2. The lowest BCUT2D eigenvalue weighted by Crippen LogP contribution is -2.43. The van der Waals surface area contributed by atoms with Gasteiger partial charge in [0, 0.05) is 5.54 Å². The molecule has 0 atom stereocenters. The van der Waals surface area contributed by atoms with E-state index in [1.165, 1.54) is 0 Å². The van der Waals surface area contributed by atoms with Crippen LogP contribution in [0.4, 0.5) is 5.82 Å². The van der Waals surface area contributed by atoms with Crippen molar-refractivity contribution in [2.24, 2.45) is 5.73 Å². The molecule has 0 aliphatic carbocycles. The van der Waals surface area contributed by atoms with Crippen LogP contribution in [0, 0.1) is 13.8 Å². The topological polar surface area (TPSA) is 92.9 Å². The molecule has 0 saturated heterocycles. The summed E-state index contributed by atoms with van der Waals surface area (Å²) < 4.78 is 0. The van der Waals surface area contributed by atoms with Crippen molar-refractivity contribution in [2.75, 3.05) is 11.9 Å². The molecule has 1 aromatic heterocycles. The molecule has 4 N–H and O–H groups in total. The van der Waals surface area contributed by atoms with E-state index in [-0.39, 0.29) is 23.0 Å². The van der Waals surface area contributed by atoms with Crippen molar-refractivity contribution >= 4 is 28.9 Å². The monoisotopic (exact) mass is 295 g/mol. The molecule has 0 aliphatic rings. The van der Waals surface area contributed by atoms with Crippen molar-refractivity contribution in [2.45, 2.75) is 40.2 Å². The summed E-state index contributed by atoms with van der Waals surface area (Å²) in [5, 5.41) is 13.8. The van der Waals surface area contributed by atoms with E-state index >= 15 is 0 Å². The molecule has 0 aromatic carbocycles. The Hall–Kier alpha value is -1.76. The van der Waals surface area contributed by atoms with Crippen molar-refractivity contribution < 1.29 is 4.79 Å². The second-order valence-corrected chi connectivity index (χ2v) is 6.09. The van der Waals surface area contributed by atoms with Crippen LogP contribution in [0.25, 0.3) is 0 Å². The molecule has 1 aromatic rings. The first-order valence-electron chi connectivity index (χ1n) is 6.30. The van der Waals surface area contributed by atoms with Crippen LogP contribution < -0.4 is 16.4 Å². The third kappa shape index (κ3) is 4.41. The van der Waals surface area contributed by atoms with Crippen LogP contribution in [0.3, 0.4) is 0 Å². The molecule has 0 saturated carbocycles. The van der Waals surface area contributed by atoms with Gasteiger partial charge < -0.3 is 16.4 Å². The number of carbonyl (C=O) groups excluding carboxylic acids is 1. The zero-order chi connectivity index (χ0) is 15.5. The Morgan fingerprint density at radius 1 is 1.30 bits per heavy atom. The maximum atomic E-state index is 11.8. The van der Waals surface area contributed by atoms with Gasteiger partial charge in [-0.05, 0) is 40.2 Å². The molecule has 0 unspecified atom stereocenters. The molecule has 0 bridgehead atoms. The van der Waals surface area contributed by atoms with Crippen LogP contribution in [-0.2, 0) is 4.79 Å². The molecular weight excluding hydrogens is 274 g/mol. The second-order valence-electron chi connectivity index (χ2n) is 5.65. The summed E-state index contributed by atoms with van der Waals surface area (Å²) in [5.74, 6) is 0.302. The highest BCUT2D eigenvalue weighted by Gasteiger charge is 2.16. The fourth-order valence-corrected chi connectivity index (χ4v) is 1.91. The molecule has 1 heterocycles. The summed E-state index contributed by atoms with van der Waals surface area (Å²) in [7, 11) is 0. The van der Waals surface area contributed by atoms with Crippen molar-refractivity contribution in [1.29, 1.82) is 0 Å². The van der Waals surface area contributed by atoms with Crippen molar-refractivity contribution in [1.82, 2.24) is 15.5 Å². The zero-order valence-electron chi connectivity index (χ0n) is 12.5. The van der Waals surface area contributed by atoms with Gasteiger partial charge in [0.25, 0.3) is 0 Å². The number of hydrogen-bond donors (Lipinski definition) is 3. The van der Waals surface area contributed by atoms with E-state index in [1.807, 2.05) is 34.6 Å². The Labute approximate surface area is 124 Å². The quantitative estimate of drug-likeness (QED) is 0.719. The van der Waals surface area contributed by atoms with E-state index in [0.29, 0.717) is 11.4 Å². The zero-order valence-corrected chi connectivity index (χ0v) is 13.3. The first-order chi connectivity index (χ1) is 9.11. The Bertz CT molecular complexity index is 536. The molecule has 1 amide bonds. The minimum atomic E-state index is -0.278. The fourth-order valence-electron chi connectivity index (χ4n) is 1.66. The molecule has 1 rings (SSSR count). The first kappa shape index (κ1) is 16.3. The molecule has 0 fully saturated rings. The van der Waals surface area contributed by atoms with Crippen LogP contribution in [0.5, 0.6) is 0 Å². The number of aryl methyl sites for hydroxylation is 1. The standard InChI is InChI=1S/C13H21N5OS/c1-7-8(2)17-18-12(10(7)11(14)20)15-6-9(19)16-13(3,4)5/h6H2,1-5H3,(H2,14,20)(H,15,18)(H,16,19). The Morgan fingerprint density at radius 2 is 1.90 bits per heavy atom. The Balaban J connectivity index is 2.86. The largest absolute Gasteiger partial charge is 0.389 e. The highest BCUT2D eigenvalue weighted by atomic mass is 32.1. The van der Waals surface area contributed by atoms with Crippen LogP contribution in [-0.4, -0.2) is 33.2 Å². The van der Waals surface area contributed by atoms with Gasteiger partial charge in [0.05, 0.1) is 17.8 Å². The van der Waals surface area contributed by atoms with E-state index in [2.05, 4.69) is 20.8 Å². The second kappa shape index (κ2) is 6.13. The van der Waals surface area contributed by atoms with Gasteiger partial charge in [0.1, 0.15) is 4.99 Å². The van der Waals surface area contributed by atoms with Gasteiger partial charge in [-0.1, -0.05) is 12.2 Å². The molecule has 110 valence electrons. The van der Waals surface area contributed by atoms with E-state index in [4.69, 9.17) is 18.0 Å². The third-order valence-corrected chi connectivity index (χ3v) is 2.84. The first-order valence-corrected chi connectivity index (χ1v) is 6.71. The number of carbonyl (C=O) groups is 1. The van der Waals surface area contributed by atoms with Gasteiger partial charge >= 0.3 is 0 Å². The summed E-state index contributed by atoms with van der Waals surface area (Å²) in [6.45, 7) is 9.55. The number of rotatable bonds is 4. The Morgan fingerprint density at radius 3 is 2.40 bits per heavy atom. The summed E-state index contributed by atoms with van der Waals surface area (Å²) >= 11 is 5.03. The maximum absolute atomic E-state index is 11.8. The number of anilines is 1. The average molecular weight is 295 g/mol. The van der Waals surface area contributed by atoms with Crippen LogP contribution in [0.1, 0.15) is 37.6 Å². The molecule has 0 aliphatic heterocycles. The fraction of sp³-hybridized carbons (Fsp3) is 0.538. The van der Waals surface area contributed by atoms with Crippen LogP contribution in [0.2, 0.25) is 0 Å². The molecular formula is C13H21N5OS. The van der Waals surface area contributed by atoms with E-state index in [0.717, 1.165) is 11.3 Å². The van der Waals surface area contributed by atoms with Gasteiger partial charge in [-0.3, -0.25) is 4.79 Å². The van der Waals surface area contributed by atoms with Gasteiger partial charge in [0.2, 0.25) is 5.91 Å². The molecule has 0 spiro atoms. The molecule has 7 heteroatoms. The van der Waals surface area contributed by atoms with Gasteiger partial charge in [-0.15, -0.1) is 5.10 Å². The third-order valence-electron chi connectivity index (χ3n) is 2.63. The lowest BCUT2D eigenvalue weighted by molar-refractivity contribution is -0.120. The predicted molar refractivity (Wildman–Crippen MR) is 83.8 cm³/mol. The van der Waals surface area contributed by atoms with Crippen LogP contribution >= 0.6 is 12.2 Å². The van der Waals surface area contributed by atoms with Gasteiger partial charge in [-0.2, -0.15) is 5.10 Å². The highest BCUT2D eigenvalue weighted by Crippen LogP contribution is 2.17. The molecule has 6 nitrogen and oxygen atoms in total. The lowest BCUT2D eigenvalue weighted by atomic mass is 10.1. The minimum absolute atomic E-state index is 0.0874. The summed E-state index contributed by atoms with van der Waals surface area (Å²) in [4.78, 5) is 12.0. The number of amides is 1. The number of hydrogen-bond acceptors (Lipinski definition) is 5. The van der Waals surface area contributed by atoms with Gasteiger partial charge in [0.15, 0.2) is 5.82 Å². The van der Waals surface area contributed by atoms with Gasteiger partial charge in [-0.25, -0.2) is 0 Å². The van der Waals surface area contributed by atoms with Crippen molar-refractivity contribution in [3.05, 3.63) is 16.8 Å². The maximum Gasteiger partial charge on any atom is 0.239 e. The van der Waals surface area contributed by atoms with E-state index in [1.54, 1.807) is 0 Å². The predicted octanol–water partition coefficient (Wildman–Crippen LogP) is 1.05.